The van der Waals surface area contributed by atoms with Crippen LogP contribution in [0.1, 0.15) is 39.0 Å². The summed E-state index contributed by atoms with van der Waals surface area (Å²) in [6, 6.07) is 0. The Labute approximate surface area is 86.8 Å². The molecule has 3 nitrogen and oxygen atoms in total. The molecule has 0 aromatic heterocycles. The first-order chi connectivity index (χ1) is 6.91. The highest BCUT2D eigenvalue weighted by atomic mass is 16.5. The molecule has 3 heteroatoms. The fourth-order valence-electron chi connectivity index (χ4n) is 1.15. The molecular formula is C11H22O3. The molecule has 0 atom stereocenters. The predicted molar refractivity (Wildman–Crippen MR) is 56.5 cm³/mol. The summed E-state index contributed by atoms with van der Waals surface area (Å²) in [6.07, 6.45) is 6.08. The first-order valence-electron chi connectivity index (χ1n) is 5.51. The monoisotopic (exact) mass is 202 g/mol. The van der Waals surface area contributed by atoms with Crippen molar-refractivity contribution >= 4 is 6.29 Å². The van der Waals surface area contributed by atoms with Gasteiger partial charge in [0.1, 0.15) is 6.29 Å². The van der Waals surface area contributed by atoms with E-state index in [1.807, 2.05) is 6.92 Å². The highest BCUT2D eigenvalue weighted by Crippen LogP contribution is 2.01. The quantitative estimate of drug-likeness (QED) is 0.380. The Balaban J connectivity index is 2.81. The molecule has 0 aromatic rings. The molecule has 0 aliphatic rings. The summed E-state index contributed by atoms with van der Waals surface area (Å²) in [7, 11) is 0. The van der Waals surface area contributed by atoms with Gasteiger partial charge in [0, 0.05) is 19.6 Å². The van der Waals surface area contributed by atoms with Crippen LogP contribution in [0, 0.1) is 0 Å². The number of hydrogen-bond acceptors (Lipinski definition) is 3. The SMILES string of the molecule is CCOCCOCCCCCCC=O. The molecule has 0 aromatic carbocycles. The third-order valence-electron chi connectivity index (χ3n) is 1.94. The lowest BCUT2D eigenvalue weighted by molar-refractivity contribution is -0.107. The number of carbonyl (C=O) groups excluding carboxylic acids is 1. The highest BCUT2D eigenvalue weighted by Gasteiger charge is 1.91. The van der Waals surface area contributed by atoms with E-state index in [1.54, 1.807) is 0 Å². The van der Waals surface area contributed by atoms with Gasteiger partial charge < -0.3 is 14.3 Å². The lowest BCUT2D eigenvalue weighted by atomic mass is 10.2. The molecule has 0 unspecified atom stereocenters. The summed E-state index contributed by atoms with van der Waals surface area (Å²) < 4.78 is 10.5. The molecule has 0 fully saturated rings. The van der Waals surface area contributed by atoms with Crippen LogP contribution in [0.25, 0.3) is 0 Å². The van der Waals surface area contributed by atoms with Gasteiger partial charge in [-0.3, -0.25) is 0 Å². The molecule has 0 saturated heterocycles. The van der Waals surface area contributed by atoms with Gasteiger partial charge >= 0.3 is 0 Å². The van der Waals surface area contributed by atoms with Crippen LogP contribution in [0.15, 0.2) is 0 Å². The molecule has 0 radical (unpaired) electrons. The second-order valence-electron chi connectivity index (χ2n) is 3.18. The molecule has 0 spiro atoms. The standard InChI is InChI=1S/C11H22O3/c1-2-13-10-11-14-9-7-5-3-4-6-8-12/h8H,2-7,9-11H2,1H3. The maximum atomic E-state index is 10.0. The number of aldehydes is 1. The topological polar surface area (TPSA) is 35.5 Å². The van der Waals surface area contributed by atoms with Crippen molar-refractivity contribution in [3.63, 3.8) is 0 Å². The second-order valence-corrected chi connectivity index (χ2v) is 3.18. The van der Waals surface area contributed by atoms with E-state index >= 15 is 0 Å². The number of ether oxygens (including phenoxy) is 2. The first-order valence-corrected chi connectivity index (χ1v) is 5.51. The molecule has 0 aliphatic carbocycles. The molecule has 0 rings (SSSR count). The van der Waals surface area contributed by atoms with Crippen molar-refractivity contribution in [3.05, 3.63) is 0 Å². The minimum Gasteiger partial charge on any atom is -0.379 e. The van der Waals surface area contributed by atoms with Crippen LogP contribution in [-0.4, -0.2) is 32.7 Å². The van der Waals surface area contributed by atoms with Crippen LogP contribution in [0.3, 0.4) is 0 Å². The van der Waals surface area contributed by atoms with E-state index in [4.69, 9.17) is 9.47 Å². The van der Waals surface area contributed by atoms with Gasteiger partial charge in [0.2, 0.25) is 0 Å². The Morgan fingerprint density at radius 3 is 2.36 bits per heavy atom. The third-order valence-corrected chi connectivity index (χ3v) is 1.94. The van der Waals surface area contributed by atoms with E-state index in [1.165, 1.54) is 0 Å². The van der Waals surface area contributed by atoms with E-state index in [0.29, 0.717) is 19.6 Å². The van der Waals surface area contributed by atoms with E-state index < -0.39 is 0 Å². The first kappa shape index (κ1) is 13.6. The number of hydrogen-bond donors (Lipinski definition) is 0. The number of rotatable bonds is 11. The third kappa shape index (κ3) is 11.6. The lowest BCUT2D eigenvalue weighted by Crippen LogP contribution is -2.04. The Morgan fingerprint density at radius 1 is 0.929 bits per heavy atom. The fraction of sp³-hybridized carbons (Fsp3) is 0.909. The van der Waals surface area contributed by atoms with E-state index in [0.717, 1.165) is 45.2 Å². The number of unbranched alkanes of at least 4 members (excludes halogenated alkanes) is 4. The minimum absolute atomic E-state index is 0.696. The highest BCUT2D eigenvalue weighted by molar-refractivity contribution is 5.48. The van der Waals surface area contributed by atoms with E-state index in [9.17, 15) is 4.79 Å². The van der Waals surface area contributed by atoms with Crippen molar-refractivity contribution < 1.29 is 14.3 Å². The zero-order valence-corrected chi connectivity index (χ0v) is 9.17. The average molecular weight is 202 g/mol. The zero-order valence-electron chi connectivity index (χ0n) is 9.17. The Morgan fingerprint density at radius 2 is 1.64 bits per heavy atom. The molecule has 0 bridgehead atoms. The Hall–Kier alpha value is -0.410. The summed E-state index contributed by atoms with van der Waals surface area (Å²) in [5.74, 6) is 0. The predicted octanol–water partition coefficient (Wildman–Crippen LogP) is 2.19. The van der Waals surface area contributed by atoms with E-state index in [-0.39, 0.29) is 0 Å². The van der Waals surface area contributed by atoms with Crippen LogP contribution in [-0.2, 0) is 14.3 Å². The minimum atomic E-state index is 0.696. The van der Waals surface area contributed by atoms with Crippen molar-refractivity contribution in [1.82, 2.24) is 0 Å². The molecule has 84 valence electrons. The fourth-order valence-corrected chi connectivity index (χ4v) is 1.15. The van der Waals surface area contributed by atoms with E-state index in [2.05, 4.69) is 0 Å². The molecule has 0 N–H and O–H groups in total. The molecule has 14 heavy (non-hydrogen) atoms. The number of carbonyl (C=O) groups is 1. The lowest BCUT2D eigenvalue weighted by Gasteiger charge is -2.03. The zero-order chi connectivity index (χ0) is 10.5. The van der Waals surface area contributed by atoms with Crippen LogP contribution in [0.5, 0.6) is 0 Å². The molecule has 0 amide bonds. The van der Waals surface area contributed by atoms with Gasteiger partial charge in [-0.25, -0.2) is 0 Å². The molecular weight excluding hydrogens is 180 g/mol. The second kappa shape index (κ2) is 12.6. The summed E-state index contributed by atoms with van der Waals surface area (Å²) in [5, 5.41) is 0. The Bertz CT molecular complexity index is 115. The summed E-state index contributed by atoms with van der Waals surface area (Å²) in [6.45, 7) is 4.94. The van der Waals surface area contributed by atoms with Gasteiger partial charge in [0.25, 0.3) is 0 Å². The average Bonchev–Trinajstić information content (AvgIpc) is 2.21. The van der Waals surface area contributed by atoms with Crippen LogP contribution in [0.2, 0.25) is 0 Å². The van der Waals surface area contributed by atoms with Crippen LogP contribution in [0.4, 0.5) is 0 Å². The van der Waals surface area contributed by atoms with Crippen molar-refractivity contribution in [2.45, 2.75) is 39.0 Å². The van der Waals surface area contributed by atoms with Gasteiger partial charge in [-0.05, 0) is 19.8 Å². The summed E-state index contributed by atoms with van der Waals surface area (Å²) in [4.78, 5) is 10.0. The largest absolute Gasteiger partial charge is 0.379 e. The van der Waals surface area contributed by atoms with Crippen molar-refractivity contribution in [2.75, 3.05) is 26.4 Å². The summed E-state index contributed by atoms with van der Waals surface area (Å²) >= 11 is 0. The Kier molecular flexibility index (Phi) is 12.2. The van der Waals surface area contributed by atoms with Crippen molar-refractivity contribution in [2.24, 2.45) is 0 Å². The maximum Gasteiger partial charge on any atom is 0.119 e. The van der Waals surface area contributed by atoms with Gasteiger partial charge in [-0.2, -0.15) is 0 Å². The van der Waals surface area contributed by atoms with Crippen molar-refractivity contribution in [1.29, 1.82) is 0 Å². The molecule has 0 aliphatic heterocycles. The van der Waals surface area contributed by atoms with Gasteiger partial charge in [0.05, 0.1) is 13.2 Å². The molecule has 0 heterocycles. The maximum absolute atomic E-state index is 10.0. The smallest absolute Gasteiger partial charge is 0.119 e. The normalized spacial score (nSPS) is 10.4. The van der Waals surface area contributed by atoms with Gasteiger partial charge in [0.15, 0.2) is 0 Å². The summed E-state index contributed by atoms with van der Waals surface area (Å²) in [5.41, 5.74) is 0. The van der Waals surface area contributed by atoms with Gasteiger partial charge in [-0.1, -0.05) is 12.8 Å². The van der Waals surface area contributed by atoms with Gasteiger partial charge in [-0.15, -0.1) is 0 Å². The molecule has 0 saturated carbocycles. The van der Waals surface area contributed by atoms with Crippen LogP contribution < -0.4 is 0 Å². The van der Waals surface area contributed by atoms with Crippen molar-refractivity contribution in [3.8, 4) is 0 Å². The van der Waals surface area contributed by atoms with Crippen LogP contribution >= 0.6 is 0 Å².